The summed E-state index contributed by atoms with van der Waals surface area (Å²) in [5.74, 6) is 1.57. The van der Waals surface area contributed by atoms with E-state index < -0.39 is 0 Å². The molecule has 2 nitrogen and oxygen atoms in total. The van der Waals surface area contributed by atoms with Gasteiger partial charge in [0.2, 0.25) is 0 Å². The van der Waals surface area contributed by atoms with Gasteiger partial charge in [-0.15, -0.1) is 0 Å². The maximum atomic E-state index is 2.52. The largest absolute Gasteiger partial charge is 0.256 e. The minimum Gasteiger partial charge on any atom is -0.234 e. The molecular formula is C24H47N2+. The van der Waals surface area contributed by atoms with Crippen LogP contribution in [0.4, 0.5) is 0 Å². The number of hydrogen-bond donors (Lipinski definition) is 0. The first kappa shape index (κ1) is 23.2. The molecule has 0 saturated carbocycles. The zero-order valence-electron chi connectivity index (χ0n) is 18.3. The molecule has 26 heavy (non-hydrogen) atoms. The normalized spacial score (nSPS) is 11.3. The number of imidazole rings is 1. The van der Waals surface area contributed by atoms with Gasteiger partial charge in [-0.1, -0.05) is 97.8 Å². The molecule has 0 aromatic carbocycles. The number of hydrogen-bond acceptors (Lipinski definition) is 0. The fourth-order valence-corrected chi connectivity index (χ4v) is 3.80. The first-order valence-electron chi connectivity index (χ1n) is 11.9. The van der Waals surface area contributed by atoms with Gasteiger partial charge in [-0.3, -0.25) is 0 Å². The molecular weight excluding hydrogens is 316 g/mol. The molecule has 0 fully saturated rings. The van der Waals surface area contributed by atoms with Crippen molar-refractivity contribution in [1.29, 1.82) is 0 Å². The number of nitrogens with zero attached hydrogens (tertiary/aromatic N) is 2. The van der Waals surface area contributed by atoms with Crippen LogP contribution in [0.3, 0.4) is 0 Å². The molecule has 0 N–H and O–H groups in total. The van der Waals surface area contributed by atoms with Crippen molar-refractivity contribution in [1.82, 2.24) is 4.57 Å². The predicted octanol–water partition coefficient (Wildman–Crippen LogP) is 7.23. The van der Waals surface area contributed by atoms with E-state index >= 15 is 0 Å². The van der Waals surface area contributed by atoms with E-state index in [-0.39, 0.29) is 0 Å². The standard InChI is InChI=1S/C24H47N2/c1-4-7-10-11-12-13-14-15-16-17-18-19-24-25(20-8-5-2)22-23-26(24)21-9-6-3/h22-23H,4-21H2,1-3H3/q+1. The van der Waals surface area contributed by atoms with Gasteiger partial charge in [-0.05, 0) is 19.3 Å². The molecule has 0 unspecified atom stereocenters. The number of aryl methyl sites for hydroxylation is 2. The van der Waals surface area contributed by atoms with E-state index in [2.05, 4.69) is 42.3 Å². The first-order valence-corrected chi connectivity index (χ1v) is 11.9. The Morgan fingerprint density at radius 3 is 1.77 bits per heavy atom. The lowest BCUT2D eigenvalue weighted by Gasteiger charge is -2.06. The van der Waals surface area contributed by atoms with Gasteiger partial charge >= 0.3 is 0 Å². The second-order valence-electron chi connectivity index (χ2n) is 8.09. The van der Waals surface area contributed by atoms with Gasteiger partial charge in [0.15, 0.2) is 0 Å². The van der Waals surface area contributed by atoms with E-state index in [1.165, 1.54) is 116 Å². The summed E-state index contributed by atoms with van der Waals surface area (Å²) in [7, 11) is 0. The highest BCUT2D eigenvalue weighted by molar-refractivity contribution is 4.84. The molecule has 0 bridgehead atoms. The van der Waals surface area contributed by atoms with Gasteiger partial charge < -0.3 is 0 Å². The number of unbranched alkanes of at least 4 members (excludes halogenated alkanes) is 12. The maximum Gasteiger partial charge on any atom is 0.256 e. The molecule has 0 atom stereocenters. The van der Waals surface area contributed by atoms with Crippen LogP contribution in [-0.4, -0.2) is 4.57 Å². The Morgan fingerprint density at radius 1 is 0.654 bits per heavy atom. The van der Waals surface area contributed by atoms with Gasteiger partial charge in [0, 0.05) is 6.42 Å². The van der Waals surface area contributed by atoms with Crippen LogP contribution in [0, 0.1) is 0 Å². The van der Waals surface area contributed by atoms with Crippen LogP contribution in [0.5, 0.6) is 0 Å². The van der Waals surface area contributed by atoms with Crippen LogP contribution in [0.15, 0.2) is 12.4 Å². The quantitative estimate of drug-likeness (QED) is 0.192. The Kier molecular flexibility index (Phi) is 14.7. The smallest absolute Gasteiger partial charge is 0.234 e. The summed E-state index contributed by atoms with van der Waals surface area (Å²) in [6.07, 6.45) is 26.8. The van der Waals surface area contributed by atoms with E-state index in [0.29, 0.717) is 0 Å². The van der Waals surface area contributed by atoms with Crippen LogP contribution in [0.25, 0.3) is 0 Å². The first-order chi connectivity index (χ1) is 12.8. The molecule has 0 aliphatic heterocycles. The second-order valence-corrected chi connectivity index (χ2v) is 8.09. The minimum atomic E-state index is 1.20. The molecule has 152 valence electrons. The molecule has 1 aromatic rings. The summed E-state index contributed by atoms with van der Waals surface area (Å²) in [6.45, 7) is 9.27. The molecule has 1 aromatic heterocycles. The van der Waals surface area contributed by atoms with E-state index in [0.717, 1.165) is 0 Å². The summed E-state index contributed by atoms with van der Waals surface area (Å²) in [6, 6.07) is 0. The van der Waals surface area contributed by atoms with Crippen molar-refractivity contribution in [2.24, 2.45) is 0 Å². The monoisotopic (exact) mass is 363 g/mol. The Morgan fingerprint density at radius 2 is 1.19 bits per heavy atom. The van der Waals surface area contributed by atoms with E-state index in [4.69, 9.17) is 0 Å². The Balaban J connectivity index is 2.19. The van der Waals surface area contributed by atoms with Crippen LogP contribution in [0.2, 0.25) is 0 Å². The lowest BCUT2D eigenvalue weighted by atomic mass is 10.1. The van der Waals surface area contributed by atoms with Crippen molar-refractivity contribution in [3.05, 3.63) is 18.2 Å². The maximum absolute atomic E-state index is 2.52. The van der Waals surface area contributed by atoms with Gasteiger partial charge in [-0.2, -0.15) is 0 Å². The van der Waals surface area contributed by atoms with Crippen molar-refractivity contribution in [2.45, 2.75) is 137 Å². The predicted molar refractivity (Wildman–Crippen MR) is 115 cm³/mol. The summed E-state index contributed by atoms with van der Waals surface area (Å²) in [5, 5.41) is 0. The Bertz CT molecular complexity index is 396. The fourth-order valence-electron chi connectivity index (χ4n) is 3.80. The minimum absolute atomic E-state index is 1.20. The third kappa shape index (κ3) is 10.4. The summed E-state index contributed by atoms with van der Waals surface area (Å²) in [5.41, 5.74) is 0. The van der Waals surface area contributed by atoms with Crippen LogP contribution < -0.4 is 4.57 Å². The van der Waals surface area contributed by atoms with Gasteiger partial charge in [0.1, 0.15) is 12.4 Å². The molecule has 0 aliphatic rings. The molecule has 0 saturated heterocycles. The second kappa shape index (κ2) is 16.4. The number of rotatable bonds is 18. The molecule has 0 aliphatic carbocycles. The SMILES string of the molecule is CCCCCCCCCCCCCc1n(CCCC)cc[n+]1CCCC. The molecule has 1 heterocycles. The summed E-state index contributed by atoms with van der Waals surface area (Å²) in [4.78, 5) is 0. The van der Waals surface area contributed by atoms with Crippen LogP contribution in [-0.2, 0) is 19.5 Å². The summed E-state index contributed by atoms with van der Waals surface area (Å²) >= 11 is 0. The lowest BCUT2D eigenvalue weighted by Crippen LogP contribution is -2.37. The number of aromatic nitrogens is 2. The average molecular weight is 364 g/mol. The average Bonchev–Trinajstić information content (AvgIpc) is 3.04. The summed E-state index contributed by atoms with van der Waals surface area (Å²) < 4.78 is 5.05. The molecule has 1 rings (SSSR count). The van der Waals surface area contributed by atoms with Gasteiger partial charge in [0.25, 0.3) is 5.82 Å². The Labute approximate surface area is 164 Å². The van der Waals surface area contributed by atoms with Crippen molar-refractivity contribution in [3.8, 4) is 0 Å². The molecule has 0 spiro atoms. The van der Waals surface area contributed by atoms with Crippen molar-refractivity contribution < 1.29 is 4.57 Å². The molecule has 2 heteroatoms. The van der Waals surface area contributed by atoms with Gasteiger partial charge in [0.05, 0.1) is 13.1 Å². The molecule has 0 amide bonds. The van der Waals surface area contributed by atoms with Crippen molar-refractivity contribution >= 4 is 0 Å². The Hall–Kier alpha value is -0.790. The zero-order valence-corrected chi connectivity index (χ0v) is 18.3. The van der Waals surface area contributed by atoms with E-state index in [1.54, 1.807) is 5.82 Å². The van der Waals surface area contributed by atoms with E-state index in [9.17, 15) is 0 Å². The lowest BCUT2D eigenvalue weighted by molar-refractivity contribution is -0.704. The van der Waals surface area contributed by atoms with Crippen LogP contribution in [0.1, 0.15) is 123 Å². The van der Waals surface area contributed by atoms with Crippen molar-refractivity contribution in [3.63, 3.8) is 0 Å². The van der Waals surface area contributed by atoms with Crippen molar-refractivity contribution in [2.75, 3.05) is 0 Å². The van der Waals surface area contributed by atoms with E-state index in [1.807, 2.05) is 0 Å². The van der Waals surface area contributed by atoms with Crippen LogP contribution >= 0.6 is 0 Å². The third-order valence-corrected chi connectivity index (χ3v) is 5.60. The highest BCUT2D eigenvalue weighted by Gasteiger charge is 2.15. The third-order valence-electron chi connectivity index (χ3n) is 5.60. The molecule has 0 radical (unpaired) electrons. The van der Waals surface area contributed by atoms with Gasteiger partial charge in [-0.25, -0.2) is 9.13 Å². The highest BCUT2D eigenvalue weighted by Crippen LogP contribution is 2.13. The topological polar surface area (TPSA) is 8.81 Å². The zero-order chi connectivity index (χ0) is 18.9. The fraction of sp³-hybridized carbons (Fsp3) is 0.875. The highest BCUT2D eigenvalue weighted by atomic mass is 15.1.